The molecule has 3 heterocycles. The molecule has 2 aromatic rings. The Labute approximate surface area is 374 Å². The Hall–Kier alpha value is -5.24. The average molecular weight is 899 g/mol. The summed E-state index contributed by atoms with van der Waals surface area (Å²) in [4.78, 5) is 84.6. The van der Waals surface area contributed by atoms with Crippen LogP contribution in [0.25, 0.3) is 0 Å². The van der Waals surface area contributed by atoms with Gasteiger partial charge in [0.05, 0.1) is 37.0 Å². The predicted molar refractivity (Wildman–Crippen MR) is 234 cm³/mol. The van der Waals surface area contributed by atoms with Gasteiger partial charge in [-0.25, -0.2) is 14.6 Å². The minimum atomic E-state index is -1.14. The lowest BCUT2D eigenvalue weighted by atomic mass is 9.87. The summed E-state index contributed by atoms with van der Waals surface area (Å²) in [5, 5.41) is 14.9. The first kappa shape index (κ1) is 51.4. The zero-order chi connectivity index (χ0) is 46.6. The number of amides is 2. The Morgan fingerprint density at radius 1 is 0.859 bits per heavy atom. The van der Waals surface area contributed by atoms with E-state index in [-0.39, 0.29) is 42.7 Å². The van der Waals surface area contributed by atoms with Crippen LogP contribution in [-0.2, 0) is 47.6 Å². The van der Waals surface area contributed by atoms with Crippen LogP contribution in [0.5, 0.6) is 0 Å². The number of nitrogens with one attached hydrogen (secondary N) is 2. The molecular formula is C45H66N6O13. The lowest BCUT2D eigenvalue weighted by Gasteiger charge is -2.45. The molecule has 0 spiro atoms. The Bertz CT molecular complexity index is 1900. The molecule has 19 nitrogen and oxygen atoms in total. The molecule has 0 saturated carbocycles. The van der Waals surface area contributed by atoms with Gasteiger partial charge in [-0.2, -0.15) is 4.98 Å². The standard InChI is InChI=1S/C45H66N6O13/c1-7-32-29(3)39(64-43(57)31-18-12-11-13-19-31)38(48-30(4)52)44(62-32)60-27-17-14-20-35(53)46-24-15-9-10-16-26-59-40-33(8-2)61-42(41(40)63-37(56)22-21-36(54)55)51-25-23-34(49-45(51)58)47-28-50(5)6/h11-13,18-19,23,25,28-29,32-33,38-42,44H,7-10,14-17,20-22,24,26-27H2,1-6H3,(H,46,53)(H,48,52)(H,54,55)/b47-28-/t29-,32+,33+,38+,39-,40?,41-,42+,44+/m0/s1. The van der Waals surface area contributed by atoms with Crippen molar-refractivity contribution in [2.45, 2.75) is 147 Å². The minimum absolute atomic E-state index is 0.0725. The summed E-state index contributed by atoms with van der Waals surface area (Å²) in [7, 11) is 3.56. The van der Waals surface area contributed by atoms with Gasteiger partial charge in [-0.3, -0.25) is 23.7 Å². The first-order valence-electron chi connectivity index (χ1n) is 22.3. The number of ether oxygens (including phenoxy) is 6. The fourth-order valence-corrected chi connectivity index (χ4v) is 7.57. The molecule has 3 N–H and O–H groups in total. The van der Waals surface area contributed by atoms with E-state index in [1.165, 1.54) is 30.1 Å². The van der Waals surface area contributed by atoms with Gasteiger partial charge in [0.25, 0.3) is 0 Å². The van der Waals surface area contributed by atoms with Crippen LogP contribution in [0.15, 0.2) is 52.4 Å². The van der Waals surface area contributed by atoms with Crippen LogP contribution in [0.4, 0.5) is 5.82 Å². The summed E-state index contributed by atoms with van der Waals surface area (Å²) in [6.45, 7) is 8.29. The lowest BCUT2D eigenvalue weighted by Crippen LogP contribution is -2.62. The molecule has 2 aliphatic rings. The van der Waals surface area contributed by atoms with Gasteiger partial charge in [0, 0.05) is 59.3 Å². The van der Waals surface area contributed by atoms with Gasteiger partial charge < -0.3 is 49.1 Å². The zero-order valence-corrected chi connectivity index (χ0v) is 37.8. The van der Waals surface area contributed by atoms with Gasteiger partial charge in [-0.05, 0) is 56.7 Å². The van der Waals surface area contributed by atoms with E-state index in [1.807, 2.05) is 26.8 Å². The Morgan fingerprint density at radius 3 is 2.23 bits per heavy atom. The van der Waals surface area contributed by atoms with Gasteiger partial charge in [0.2, 0.25) is 11.8 Å². The molecule has 2 aliphatic heterocycles. The molecule has 354 valence electrons. The number of unbranched alkanes of at least 4 members (excludes halogenated alkanes) is 4. The topological polar surface area (TPSA) is 236 Å². The molecule has 19 heteroatoms. The molecule has 2 amide bonds. The Kier molecular flexibility index (Phi) is 21.3. The SMILES string of the molecule is CC[C@H]1O[C@@H](n2ccc(/N=C\N(C)C)nc2=O)[C@@H](OC(=O)CCC(=O)O)C1OCCCCCCNC(=O)CCCCO[C@@H]1O[C@H](CC)[C@H](C)[C@H](OC(=O)c2ccccc2)[C@H]1NC(C)=O. The number of rotatable bonds is 26. The fourth-order valence-electron chi connectivity index (χ4n) is 7.57. The van der Waals surface area contributed by atoms with E-state index in [4.69, 9.17) is 33.5 Å². The van der Waals surface area contributed by atoms with Crippen molar-refractivity contribution in [3.05, 3.63) is 58.6 Å². The smallest absolute Gasteiger partial charge is 0.351 e. The third-order valence-electron chi connectivity index (χ3n) is 10.9. The van der Waals surface area contributed by atoms with Crippen molar-refractivity contribution < 1.29 is 57.5 Å². The van der Waals surface area contributed by atoms with E-state index in [0.717, 1.165) is 19.3 Å². The van der Waals surface area contributed by atoms with E-state index in [1.54, 1.807) is 43.3 Å². The Morgan fingerprint density at radius 2 is 1.56 bits per heavy atom. The third-order valence-corrected chi connectivity index (χ3v) is 10.9. The molecule has 1 aromatic carbocycles. The molecule has 9 atom stereocenters. The fraction of sp³-hybridized carbons (Fsp3) is 0.644. The number of esters is 2. The minimum Gasteiger partial charge on any atom is -0.481 e. The first-order valence-corrected chi connectivity index (χ1v) is 22.3. The van der Waals surface area contributed by atoms with Crippen LogP contribution in [-0.4, -0.2) is 132 Å². The summed E-state index contributed by atoms with van der Waals surface area (Å²) >= 11 is 0. The van der Waals surface area contributed by atoms with Crippen molar-refractivity contribution in [1.29, 1.82) is 0 Å². The second-order valence-corrected chi connectivity index (χ2v) is 16.2. The lowest BCUT2D eigenvalue weighted by molar-refractivity contribution is -0.249. The molecule has 4 rings (SSSR count). The second-order valence-electron chi connectivity index (χ2n) is 16.2. The summed E-state index contributed by atoms with van der Waals surface area (Å²) in [6.07, 6.45) is 2.74. The van der Waals surface area contributed by atoms with Crippen molar-refractivity contribution in [3.63, 3.8) is 0 Å². The molecule has 0 radical (unpaired) electrons. The number of benzene rings is 1. The zero-order valence-electron chi connectivity index (χ0n) is 37.8. The number of hydrogen-bond donors (Lipinski definition) is 3. The second kappa shape index (κ2) is 26.5. The van der Waals surface area contributed by atoms with Gasteiger partial charge in [-0.1, -0.05) is 51.8 Å². The first-order chi connectivity index (χ1) is 30.7. The van der Waals surface area contributed by atoms with E-state index >= 15 is 0 Å². The highest BCUT2D eigenvalue weighted by Gasteiger charge is 2.49. The van der Waals surface area contributed by atoms with Crippen molar-refractivity contribution in [2.24, 2.45) is 10.9 Å². The van der Waals surface area contributed by atoms with Gasteiger partial charge in [0.15, 0.2) is 24.4 Å². The summed E-state index contributed by atoms with van der Waals surface area (Å²) in [5.41, 5.74) is -0.255. The highest BCUT2D eigenvalue weighted by molar-refractivity contribution is 5.89. The quantitative estimate of drug-likeness (QED) is 0.0517. The molecule has 64 heavy (non-hydrogen) atoms. The number of aliphatic carboxylic acids is 1. The summed E-state index contributed by atoms with van der Waals surface area (Å²) in [6, 6.07) is 9.49. The summed E-state index contributed by atoms with van der Waals surface area (Å²) < 4.78 is 37.7. The highest BCUT2D eigenvalue weighted by atomic mass is 16.7. The molecule has 0 bridgehead atoms. The largest absolute Gasteiger partial charge is 0.481 e. The van der Waals surface area contributed by atoms with Crippen molar-refractivity contribution >= 4 is 41.9 Å². The predicted octanol–water partition coefficient (Wildman–Crippen LogP) is 4.30. The van der Waals surface area contributed by atoms with E-state index in [0.29, 0.717) is 57.2 Å². The van der Waals surface area contributed by atoms with Crippen LogP contribution in [0.3, 0.4) is 0 Å². The van der Waals surface area contributed by atoms with E-state index in [2.05, 4.69) is 20.6 Å². The van der Waals surface area contributed by atoms with Crippen LogP contribution < -0.4 is 16.3 Å². The normalized spacial score (nSPS) is 24.2. The maximum Gasteiger partial charge on any atom is 0.351 e. The van der Waals surface area contributed by atoms with Crippen LogP contribution in [0.2, 0.25) is 0 Å². The number of carbonyl (C=O) groups is 5. The summed E-state index contributed by atoms with van der Waals surface area (Å²) in [5.74, 6) is -2.78. The van der Waals surface area contributed by atoms with Crippen LogP contribution in [0.1, 0.15) is 115 Å². The number of hydrogen-bond acceptors (Lipinski definition) is 14. The Balaban J connectivity index is 1.18. The highest BCUT2D eigenvalue weighted by Crippen LogP contribution is 2.35. The van der Waals surface area contributed by atoms with Gasteiger partial charge in [-0.15, -0.1) is 0 Å². The number of carboxylic acids is 1. The molecule has 1 aromatic heterocycles. The van der Waals surface area contributed by atoms with Crippen molar-refractivity contribution in [1.82, 2.24) is 25.1 Å². The number of aromatic nitrogens is 2. The molecule has 1 unspecified atom stereocenters. The number of nitrogens with zero attached hydrogens (tertiary/aromatic N) is 4. The van der Waals surface area contributed by atoms with Crippen molar-refractivity contribution in [2.75, 3.05) is 33.9 Å². The number of carboxylic acid groups (broad SMARTS) is 1. The molecule has 2 fully saturated rings. The number of aliphatic imine (C=N–C) groups is 1. The van der Waals surface area contributed by atoms with Crippen LogP contribution >= 0.6 is 0 Å². The molecular weight excluding hydrogens is 833 g/mol. The average Bonchev–Trinajstić information content (AvgIpc) is 3.60. The van der Waals surface area contributed by atoms with E-state index < -0.39 is 73.0 Å². The van der Waals surface area contributed by atoms with Gasteiger partial charge >= 0.3 is 23.6 Å². The monoisotopic (exact) mass is 898 g/mol. The molecule has 0 aliphatic carbocycles. The molecule has 2 saturated heterocycles. The maximum absolute atomic E-state index is 13.1. The third kappa shape index (κ3) is 16.1. The number of carbonyl (C=O) groups excluding carboxylic acids is 4. The maximum atomic E-state index is 13.1. The van der Waals surface area contributed by atoms with E-state index in [9.17, 15) is 28.8 Å². The van der Waals surface area contributed by atoms with Crippen molar-refractivity contribution in [3.8, 4) is 0 Å². The van der Waals surface area contributed by atoms with Crippen LogP contribution in [0, 0.1) is 5.92 Å². The van der Waals surface area contributed by atoms with Gasteiger partial charge in [0.1, 0.15) is 18.2 Å².